The molecule has 1 amide bonds. The summed E-state index contributed by atoms with van der Waals surface area (Å²) in [5.41, 5.74) is 0.171. The third-order valence-electron chi connectivity index (χ3n) is 4.04. The number of halogens is 3. The van der Waals surface area contributed by atoms with Gasteiger partial charge in [0.05, 0.1) is 16.2 Å². The van der Waals surface area contributed by atoms with Gasteiger partial charge in [-0.25, -0.2) is 18.5 Å². The van der Waals surface area contributed by atoms with Crippen LogP contribution in [0.25, 0.3) is 5.65 Å². The molecule has 0 aliphatic rings. The summed E-state index contributed by atoms with van der Waals surface area (Å²) in [6.45, 7) is 1.56. The zero-order chi connectivity index (χ0) is 20.7. The number of rotatable bonds is 4. The van der Waals surface area contributed by atoms with E-state index in [1.807, 2.05) is 0 Å². The molecule has 148 valence electrons. The number of carbonyl (C=O) groups excluding carboxylic acids is 1. The second-order valence-corrected chi connectivity index (χ2v) is 7.62. The Morgan fingerprint density at radius 3 is 2.39 bits per heavy atom. The maximum atomic E-state index is 13.0. The van der Waals surface area contributed by atoms with E-state index < -0.39 is 27.7 Å². The Morgan fingerprint density at radius 1 is 1.18 bits per heavy atom. The Kier molecular flexibility index (Phi) is 4.90. The Morgan fingerprint density at radius 2 is 1.82 bits per heavy atom. The smallest absolute Gasteiger partial charge is 0.347 e. The Hall–Kier alpha value is -2.92. The van der Waals surface area contributed by atoms with E-state index >= 15 is 0 Å². The fraction of sp³-hybridized carbons (Fsp3) is 0.176. The molecule has 3 N–H and O–H groups in total. The predicted molar refractivity (Wildman–Crippen MR) is 93.9 cm³/mol. The number of primary sulfonamides is 1. The minimum absolute atomic E-state index is 0.0118. The molecular formula is C17H15F3N4O3S. The van der Waals surface area contributed by atoms with Gasteiger partial charge in [0, 0.05) is 12.7 Å². The number of imidazole rings is 1. The molecule has 0 aliphatic carbocycles. The van der Waals surface area contributed by atoms with Crippen LogP contribution in [0, 0.1) is 6.92 Å². The monoisotopic (exact) mass is 412 g/mol. The van der Waals surface area contributed by atoms with E-state index in [2.05, 4.69) is 10.3 Å². The van der Waals surface area contributed by atoms with E-state index in [4.69, 9.17) is 5.14 Å². The van der Waals surface area contributed by atoms with Gasteiger partial charge in [0.15, 0.2) is 0 Å². The lowest BCUT2D eigenvalue weighted by atomic mass is 10.2. The van der Waals surface area contributed by atoms with Gasteiger partial charge in [-0.2, -0.15) is 13.2 Å². The van der Waals surface area contributed by atoms with E-state index in [1.165, 1.54) is 37.3 Å². The summed E-state index contributed by atoms with van der Waals surface area (Å²) in [7, 11) is -3.82. The standard InChI is InChI=1S/C17H15F3N4O3S/c1-10-15(24-9-12(17(18,19)20)4-7-14(24)23-10)16(25)22-8-11-2-5-13(6-3-11)28(21,26)27/h2-7,9H,8H2,1H3,(H,22,25)(H2,21,26,27). The highest BCUT2D eigenvalue weighted by Crippen LogP contribution is 2.29. The summed E-state index contributed by atoms with van der Waals surface area (Å²) in [5.74, 6) is -0.611. The molecule has 0 aliphatic heterocycles. The van der Waals surface area contributed by atoms with Gasteiger partial charge in [-0.05, 0) is 36.8 Å². The Balaban J connectivity index is 1.84. The molecule has 1 aromatic carbocycles. The van der Waals surface area contributed by atoms with E-state index in [-0.39, 0.29) is 28.5 Å². The van der Waals surface area contributed by atoms with Crippen LogP contribution in [0.15, 0.2) is 47.5 Å². The number of nitrogens with one attached hydrogen (secondary N) is 1. The molecular weight excluding hydrogens is 397 g/mol. The largest absolute Gasteiger partial charge is 0.417 e. The lowest BCUT2D eigenvalue weighted by molar-refractivity contribution is -0.137. The molecule has 0 bridgehead atoms. The summed E-state index contributed by atoms with van der Waals surface area (Å²) in [6, 6.07) is 7.64. The highest BCUT2D eigenvalue weighted by molar-refractivity contribution is 7.89. The summed E-state index contributed by atoms with van der Waals surface area (Å²) in [5, 5.41) is 7.61. The molecule has 28 heavy (non-hydrogen) atoms. The van der Waals surface area contributed by atoms with Gasteiger partial charge >= 0.3 is 6.18 Å². The van der Waals surface area contributed by atoms with Crippen LogP contribution < -0.4 is 10.5 Å². The zero-order valence-electron chi connectivity index (χ0n) is 14.5. The second kappa shape index (κ2) is 6.91. The SMILES string of the molecule is Cc1nc2ccc(C(F)(F)F)cn2c1C(=O)NCc1ccc(S(N)(=O)=O)cc1. The first kappa shape index (κ1) is 19.8. The highest BCUT2D eigenvalue weighted by Gasteiger charge is 2.31. The van der Waals surface area contributed by atoms with Gasteiger partial charge in [0.1, 0.15) is 11.3 Å². The van der Waals surface area contributed by atoms with Crippen molar-refractivity contribution >= 4 is 21.6 Å². The topological polar surface area (TPSA) is 107 Å². The van der Waals surface area contributed by atoms with E-state index in [9.17, 15) is 26.4 Å². The van der Waals surface area contributed by atoms with Crippen LogP contribution in [0.5, 0.6) is 0 Å². The highest BCUT2D eigenvalue weighted by atomic mass is 32.2. The number of nitrogens with two attached hydrogens (primary N) is 1. The van der Waals surface area contributed by atoms with Crippen LogP contribution in [0.1, 0.15) is 27.3 Å². The number of fused-ring (bicyclic) bond motifs is 1. The normalized spacial score (nSPS) is 12.3. The molecule has 0 saturated carbocycles. The molecule has 2 aromatic heterocycles. The van der Waals surface area contributed by atoms with Crippen LogP contribution in [0.2, 0.25) is 0 Å². The number of hydrogen-bond acceptors (Lipinski definition) is 4. The van der Waals surface area contributed by atoms with Gasteiger partial charge in [-0.3, -0.25) is 9.20 Å². The first-order chi connectivity index (χ1) is 13.0. The molecule has 0 atom stereocenters. The van der Waals surface area contributed by atoms with E-state index in [0.717, 1.165) is 16.7 Å². The number of sulfonamides is 1. The third kappa shape index (κ3) is 3.99. The predicted octanol–water partition coefficient (Wildman–Crippen LogP) is 2.24. The minimum Gasteiger partial charge on any atom is -0.347 e. The van der Waals surface area contributed by atoms with Crippen molar-refractivity contribution in [2.24, 2.45) is 5.14 Å². The summed E-state index contributed by atoms with van der Waals surface area (Å²) >= 11 is 0. The number of amides is 1. The van der Waals surface area contributed by atoms with Gasteiger partial charge in [-0.15, -0.1) is 0 Å². The van der Waals surface area contributed by atoms with E-state index in [1.54, 1.807) is 0 Å². The van der Waals surface area contributed by atoms with Crippen LogP contribution >= 0.6 is 0 Å². The van der Waals surface area contributed by atoms with Crippen molar-refractivity contribution in [1.82, 2.24) is 14.7 Å². The summed E-state index contributed by atoms with van der Waals surface area (Å²) in [6.07, 6.45) is -3.73. The number of aryl methyl sites for hydroxylation is 1. The number of carbonyl (C=O) groups is 1. The van der Waals surface area contributed by atoms with Crippen LogP contribution in [0.4, 0.5) is 13.2 Å². The summed E-state index contributed by atoms with van der Waals surface area (Å²) < 4.78 is 62.4. The van der Waals surface area contributed by atoms with Crippen molar-refractivity contribution in [1.29, 1.82) is 0 Å². The second-order valence-electron chi connectivity index (χ2n) is 6.06. The number of benzene rings is 1. The third-order valence-corrected chi connectivity index (χ3v) is 4.97. The molecule has 0 fully saturated rings. The zero-order valence-corrected chi connectivity index (χ0v) is 15.3. The van der Waals surface area contributed by atoms with Crippen molar-refractivity contribution in [3.05, 3.63) is 65.1 Å². The molecule has 2 heterocycles. The maximum absolute atomic E-state index is 13.0. The molecule has 0 radical (unpaired) electrons. The van der Waals surface area contributed by atoms with Crippen molar-refractivity contribution in [2.75, 3.05) is 0 Å². The first-order valence-corrected chi connectivity index (χ1v) is 9.47. The number of aromatic nitrogens is 2. The van der Waals surface area contributed by atoms with Crippen molar-refractivity contribution < 1.29 is 26.4 Å². The van der Waals surface area contributed by atoms with E-state index in [0.29, 0.717) is 5.56 Å². The molecule has 0 saturated heterocycles. The molecule has 0 unspecified atom stereocenters. The molecule has 7 nitrogen and oxygen atoms in total. The Labute approximate surface area is 158 Å². The number of hydrogen-bond donors (Lipinski definition) is 2. The quantitative estimate of drug-likeness (QED) is 0.685. The number of alkyl halides is 3. The first-order valence-electron chi connectivity index (χ1n) is 7.92. The average Bonchev–Trinajstić information content (AvgIpc) is 2.93. The van der Waals surface area contributed by atoms with Gasteiger partial charge in [-0.1, -0.05) is 12.1 Å². The van der Waals surface area contributed by atoms with Crippen LogP contribution in [-0.2, 0) is 22.7 Å². The van der Waals surface area contributed by atoms with Crippen LogP contribution in [0.3, 0.4) is 0 Å². The molecule has 0 spiro atoms. The number of pyridine rings is 1. The fourth-order valence-electron chi connectivity index (χ4n) is 2.67. The van der Waals surface area contributed by atoms with Crippen molar-refractivity contribution in [3.63, 3.8) is 0 Å². The average molecular weight is 412 g/mol. The number of nitrogens with zero attached hydrogens (tertiary/aromatic N) is 2. The molecule has 3 rings (SSSR count). The van der Waals surface area contributed by atoms with Gasteiger partial charge < -0.3 is 5.32 Å². The Bertz CT molecular complexity index is 1150. The van der Waals surface area contributed by atoms with Gasteiger partial charge in [0.2, 0.25) is 10.0 Å². The van der Waals surface area contributed by atoms with Crippen molar-refractivity contribution in [2.45, 2.75) is 24.5 Å². The maximum Gasteiger partial charge on any atom is 0.417 e. The summed E-state index contributed by atoms with van der Waals surface area (Å²) in [4.78, 5) is 16.6. The van der Waals surface area contributed by atoms with Crippen molar-refractivity contribution in [3.8, 4) is 0 Å². The molecule has 11 heteroatoms. The minimum atomic E-state index is -4.55. The van der Waals surface area contributed by atoms with Crippen LogP contribution in [-0.4, -0.2) is 23.7 Å². The lowest BCUT2D eigenvalue weighted by Gasteiger charge is -2.09. The fourth-order valence-corrected chi connectivity index (χ4v) is 3.18. The van der Waals surface area contributed by atoms with Gasteiger partial charge in [0.25, 0.3) is 5.91 Å². The lowest BCUT2D eigenvalue weighted by Crippen LogP contribution is -2.25. The molecule has 3 aromatic rings.